The third kappa shape index (κ3) is 3.10. The fourth-order valence-electron chi connectivity index (χ4n) is 1.57. The lowest BCUT2D eigenvalue weighted by Gasteiger charge is -2.13. The number of hydrogen-bond donors (Lipinski definition) is 3. The number of thiophene rings is 1. The van der Waals surface area contributed by atoms with Gasteiger partial charge in [-0.05, 0) is 26.0 Å². The molecule has 0 radical (unpaired) electrons. The van der Waals surface area contributed by atoms with Crippen LogP contribution in [0.3, 0.4) is 0 Å². The second-order valence-corrected chi connectivity index (χ2v) is 5.58. The van der Waals surface area contributed by atoms with Crippen LogP contribution in [-0.4, -0.2) is 9.97 Å². The highest BCUT2D eigenvalue weighted by Crippen LogP contribution is 2.28. The first-order valence-electron chi connectivity index (χ1n) is 5.42. The SMILES string of the molecule is Cc1nc(NN)cc(NC(C)c2ccc(Cl)s2)n1. The van der Waals surface area contributed by atoms with E-state index in [0.29, 0.717) is 11.6 Å². The van der Waals surface area contributed by atoms with E-state index < -0.39 is 0 Å². The Kier molecular flexibility index (Phi) is 4.00. The molecular weight excluding hydrogens is 270 g/mol. The number of aromatic nitrogens is 2. The van der Waals surface area contributed by atoms with Gasteiger partial charge in [-0.15, -0.1) is 11.3 Å². The number of halogens is 1. The number of hydrogen-bond acceptors (Lipinski definition) is 6. The predicted octanol–water partition coefficient (Wildman–Crippen LogP) is 2.96. The van der Waals surface area contributed by atoms with Gasteiger partial charge in [0.2, 0.25) is 0 Å². The quantitative estimate of drug-likeness (QED) is 0.594. The van der Waals surface area contributed by atoms with Crippen molar-refractivity contribution in [2.75, 3.05) is 10.7 Å². The predicted molar refractivity (Wildman–Crippen MR) is 75.9 cm³/mol. The number of nitrogens with two attached hydrogens (primary N) is 1. The van der Waals surface area contributed by atoms with Crippen molar-refractivity contribution >= 4 is 34.6 Å². The molecule has 96 valence electrons. The smallest absolute Gasteiger partial charge is 0.145 e. The molecule has 5 nitrogen and oxygen atoms in total. The number of anilines is 2. The second-order valence-electron chi connectivity index (χ2n) is 3.84. The molecule has 18 heavy (non-hydrogen) atoms. The maximum absolute atomic E-state index is 5.92. The molecule has 2 rings (SSSR count). The summed E-state index contributed by atoms with van der Waals surface area (Å²) in [6, 6.07) is 5.78. The number of aryl methyl sites for hydroxylation is 1. The summed E-state index contributed by atoms with van der Waals surface area (Å²) < 4.78 is 0.779. The summed E-state index contributed by atoms with van der Waals surface area (Å²) in [4.78, 5) is 9.59. The van der Waals surface area contributed by atoms with Crippen LogP contribution < -0.4 is 16.6 Å². The van der Waals surface area contributed by atoms with Crippen molar-refractivity contribution in [3.63, 3.8) is 0 Å². The van der Waals surface area contributed by atoms with E-state index in [9.17, 15) is 0 Å². The molecule has 1 unspecified atom stereocenters. The van der Waals surface area contributed by atoms with E-state index in [1.807, 2.05) is 19.1 Å². The normalized spacial score (nSPS) is 12.2. The Labute approximate surface area is 114 Å². The Bertz CT molecular complexity index is 542. The minimum absolute atomic E-state index is 0.127. The second kappa shape index (κ2) is 5.51. The average molecular weight is 284 g/mol. The zero-order valence-corrected chi connectivity index (χ0v) is 11.6. The van der Waals surface area contributed by atoms with Crippen molar-refractivity contribution in [1.82, 2.24) is 9.97 Å². The lowest BCUT2D eigenvalue weighted by atomic mass is 10.3. The van der Waals surface area contributed by atoms with E-state index in [0.717, 1.165) is 15.0 Å². The monoisotopic (exact) mass is 283 g/mol. The highest BCUT2D eigenvalue weighted by Gasteiger charge is 2.09. The largest absolute Gasteiger partial charge is 0.363 e. The van der Waals surface area contributed by atoms with Crippen LogP contribution >= 0.6 is 22.9 Å². The Balaban J connectivity index is 2.16. The number of nitrogen functional groups attached to an aromatic ring is 1. The molecule has 0 fully saturated rings. The topological polar surface area (TPSA) is 75.9 Å². The summed E-state index contributed by atoms with van der Waals surface area (Å²) in [6.07, 6.45) is 0. The molecule has 2 aromatic heterocycles. The Morgan fingerprint density at radius 2 is 2.06 bits per heavy atom. The summed E-state index contributed by atoms with van der Waals surface area (Å²) >= 11 is 7.47. The maximum atomic E-state index is 5.92. The van der Waals surface area contributed by atoms with Gasteiger partial charge in [-0.1, -0.05) is 11.6 Å². The van der Waals surface area contributed by atoms with Gasteiger partial charge >= 0.3 is 0 Å². The van der Waals surface area contributed by atoms with Crippen LogP contribution in [0.4, 0.5) is 11.6 Å². The number of hydrazine groups is 1. The number of nitrogens with zero attached hydrogens (tertiary/aromatic N) is 2. The lowest BCUT2D eigenvalue weighted by molar-refractivity contribution is 0.887. The van der Waals surface area contributed by atoms with Gasteiger partial charge in [-0.2, -0.15) is 0 Å². The molecule has 0 amide bonds. The summed E-state index contributed by atoms with van der Waals surface area (Å²) in [5, 5.41) is 3.29. The van der Waals surface area contributed by atoms with Crippen LogP contribution in [0.5, 0.6) is 0 Å². The van der Waals surface area contributed by atoms with Gasteiger partial charge in [0.15, 0.2) is 0 Å². The molecule has 0 saturated carbocycles. The van der Waals surface area contributed by atoms with Crippen LogP contribution in [0.1, 0.15) is 23.7 Å². The highest BCUT2D eigenvalue weighted by molar-refractivity contribution is 7.16. The maximum Gasteiger partial charge on any atom is 0.145 e. The zero-order valence-electron chi connectivity index (χ0n) is 10.1. The van der Waals surface area contributed by atoms with Crippen molar-refractivity contribution in [1.29, 1.82) is 0 Å². The molecule has 0 aromatic carbocycles. The average Bonchev–Trinajstić information content (AvgIpc) is 2.75. The summed E-state index contributed by atoms with van der Waals surface area (Å²) in [5.74, 6) is 7.32. The summed E-state index contributed by atoms with van der Waals surface area (Å²) in [7, 11) is 0. The first-order valence-corrected chi connectivity index (χ1v) is 6.62. The highest BCUT2D eigenvalue weighted by atomic mass is 35.5. The van der Waals surface area contributed by atoms with Crippen LogP contribution in [0.25, 0.3) is 0 Å². The Morgan fingerprint density at radius 1 is 1.33 bits per heavy atom. The number of rotatable bonds is 4. The molecule has 2 heterocycles. The minimum atomic E-state index is 0.127. The first kappa shape index (κ1) is 13.1. The molecule has 0 aliphatic rings. The standard InChI is InChI=1S/C11H14ClN5S/c1-6(8-3-4-9(12)18-8)14-10-5-11(17-13)16-7(2)15-10/h3-6H,13H2,1-2H3,(H2,14,15,16,17). The third-order valence-corrected chi connectivity index (χ3v) is 3.78. The van der Waals surface area contributed by atoms with E-state index in [-0.39, 0.29) is 6.04 Å². The van der Waals surface area contributed by atoms with Crippen LogP contribution in [0.2, 0.25) is 4.34 Å². The third-order valence-electron chi connectivity index (χ3n) is 2.37. The van der Waals surface area contributed by atoms with E-state index in [1.54, 1.807) is 17.4 Å². The van der Waals surface area contributed by atoms with Crippen molar-refractivity contribution in [3.8, 4) is 0 Å². The summed E-state index contributed by atoms with van der Waals surface area (Å²) in [5.41, 5.74) is 2.52. The van der Waals surface area contributed by atoms with E-state index in [1.165, 1.54) is 0 Å². The molecule has 0 saturated heterocycles. The Hall–Kier alpha value is -1.37. The molecule has 0 spiro atoms. The first-order chi connectivity index (χ1) is 8.58. The molecule has 7 heteroatoms. The molecule has 2 aromatic rings. The molecule has 4 N–H and O–H groups in total. The van der Waals surface area contributed by atoms with Crippen molar-refractivity contribution in [2.45, 2.75) is 19.9 Å². The van der Waals surface area contributed by atoms with E-state index in [4.69, 9.17) is 17.4 Å². The Morgan fingerprint density at radius 3 is 2.67 bits per heavy atom. The fraction of sp³-hybridized carbons (Fsp3) is 0.273. The van der Waals surface area contributed by atoms with Gasteiger partial charge in [0.1, 0.15) is 17.5 Å². The summed E-state index contributed by atoms with van der Waals surface area (Å²) in [6.45, 7) is 3.87. The van der Waals surface area contributed by atoms with Crippen LogP contribution in [0, 0.1) is 6.92 Å². The number of nitrogens with one attached hydrogen (secondary N) is 2. The van der Waals surface area contributed by atoms with E-state index >= 15 is 0 Å². The van der Waals surface area contributed by atoms with Gasteiger partial charge < -0.3 is 10.7 Å². The molecule has 0 aliphatic carbocycles. The lowest BCUT2D eigenvalue weighted by Crippen LogP contribution is -2.12. The van der Waals surface area contributed by atoms with Gasteiger partial charge in [-0.3, -0.25) is 0 Å². The van der Waals surface area contributed by atoms with Crippen molar-refractivity contribution in [2.24, 2.45) is 5.84 Å². The fourth-order valence-corrected chi connectivity index (χ4v) is 2.63. The molecule has 0 bridgehead atoms. The van der Waals surface area contributed by atoms with Gasteiger partial charge in [0.05, 0.1) is 10.4 Å². The van der Waals surface area contributed by atoms with Gasteiger partial charge in [-0.25, -0.2) is 15.8 Å². The molecule has 0 aliphatic heterocycles. The van der Waals surface area contributed by atoms with E-state index in [2.05, 4.69) is 27.6 Å². The van der Waals surface area contributed by atoms with Crippen molar-refractivity contribution in [3.05, 3.63) is 33.2 Å². The molecule has 1 atom stereocenters. The minimum Gasteiger partial charge on any atom is -0.363 e. The van der Waals surface area contributed by atoms with Crippen LogP contribution in [0.15, 0.2) is 18.2 Å². The van der Waals surface area contributed by atoms with Gasteiger partial charge in [0.25, 0.3) is 0 Å². The molecular formula is C11H14ClN5S. The van der Waals surface area contributed by atoms with Crippen LogP contribution in [-0.2, 0) is 0 Å². The zero-order chi connectivity index (χ0) is 13.1. The van der Waals surface area contributed by atoms with Gasteiger partial charge in [0, 0.05) is 10.9 Å². The van der Waals surface area contributed by atoms with Crippen molar-refractivity contribution < 1.29 is 0 Å².